The van der Waals surface area contributed by atoms with Crippen molar-refractivity contribution in [2.45, 2.75) is 31.0 Å². The van der Waals surface area contributed by atoms with Crippen LogP contribution in [0, 0.1) is 0 Å². The lowest BCUT2D eigenvalue weighted by molar-refractivity contribution is -0.255. The number of anilines is 1. The van der Waals surface area contributed by atoms with Crippen molar-refractivity contribution in [3.63, 3.8) is 0 Å². The molecule has 2 heterocycles. The molecule has 0 fully saturated rings. The molecule has 1 aliphatic rings. The zero-order valence-electron chi connectivity index (χ0n) is 16.0. The predicted octanol–water partition coefficient (Wildman–Crippen LogP) is 2.33. The summed E-state index contributed by atoms with van der Waals surface area (Å²) in [5.74, 6) is -0.475. The van der Waals surface area contributed by atoms with Gasteiger partial charge in [0.15, 0.2) is 11.0 Å². The van der Waals surface area contributed by atoms with Crippen molar-refractivity contribution in [2.24, 2.45) is 0 Å². The number of hydrogen-bond acceptors (Lipinski definition) is 6. The Hall–Kier alpha value is -3.13. The first-order valence-corrected chi connectivity index (χ1v) is 10.1. The predicted molar refractivity (Wildman–Crippen MR) is 109 cm³/mol. The largest absolute Gasteiger partial charge is 0.545 e. The Labute approximate surface area is 172 Å². The van der Waals surface area contributed by atoms with Crippen LogP contribution in [0.2, 0.25) is 0 Å². The molecule has 1 amide bonds. The number of nitrogens with zero attached hydrogens (tertiary/aromatic N) is 3. The third kappa shape index (κ3) is 3.75. The van der Waals surface area contributed by atoms with E-state index in [1.54, 1.807) is 0 Å². The Morgan fingerprint density at radius 1 is 1.14 bits per heavy atom. The molecule has 4 rings (SSSR count). The third-order valence-corrected chi connectivity index (χ3v) is 5.79. The first-order valence-electron chi connectivity index (χ1n) is 9.13. The molecule has 3 aromatic rings. The van der Waals surface area contributed by atoms with Gasteiger partial charge in [0.2, 0.25) is 5.91 Å². The van der Waals surface area contributed by atoms with Gasteiger partial charge < -0.3 is 15.2 Å². The zero-order chi connectivity index (χ0) is 20.6. The molecule has 0 atom stereocenters. The van der Waals surface area contributed by atoms with Crippen LogP contribution in [0.15, 0.2) is 53.7 Å². The summed E-state index contributed by atoms with van der Waals surface area (Å²) >= 11 is 1.33. The van der Waals surface area contributed by atoms with Crippen molar-refractivity contribution in [1.29, 1.82) is 0 Å². The van der Waals surface area contributed by atoms with Gasteiger partial charge in [-0.1, -0.05) is 48.2 Å². The summed E-state index contributed by atoms with van der Waals surface area (Å²) in [6, 6.07) is 14.0. The Morgan fingerprint density at radius 3 is 2.59 bits per heavy atom. The Bertz CT molecular complexity index is 1090. The van der Waals surface area contributed by atoms with Gasteiger partial charge in [0.05, 0.1) is 11.7 Å². The monoisotopic (exact) mass is 407 g/mol. The highest BCUT2D eigenvalue weighted by Crippen LogP contribution is 2.39. The Kier molecular flexibility index (Phi) is 4.87. The summed E-state index contributed by atoms with van der Waals surface area (Å²) in [4.78, 5) is 23.1. The number of carboxylic acids is 1. The number of thioether (sulfide) groups is 1. The maximum Gasteiger partial charge on any atom is 0.234 e. The number of amides is 1. The van der Waals surface area contributed by atoms with Gasteiger partial charge in [0.1, 0.15) is 0 Å². The lowest BCUT2D eigenvalue weighted by atomic mass is 9.87. The minimum Gasteiger partial charge on any atom is -0.545 e. The van der Waals surface area contributed by atoms with Crippen LogP contribution in [0.1, 0.15) is 29.8 Å². The van der Waals surface area contributed by atoms with E-state index in [1.165, 1.54) is 41.6 Å². The van der Waals surface area contributed by atoms with E-state index in [9.17, 15) is 14.7 Å². The molecule has 1 aromatic heterocycles. The van der Waals surface area contributed by atoms with Crippen LogP contribution in [0.25, 0.3) is 11.4 Å². The number of aromatic nitrogens is 3. The van der Waals surface area contributed by atoms with Gasteiger partial charge in [-0.25, -0.2) is 0 Å². The lowest BCUT2D eigenvalue weighted by Gasteiger charge is -2.34. The van der Waals surface area contributed by atoms with E-state index in [0.29, 0.717) is 10.8 Å². The highest BCUT2D eigenvalue weighted by Gasteiger charge is 2.34. The van der Waals surface area contributed by atoms with Crippen LogP contribution >= 0.6 is 11.8 Å². The molecule has 0 bridgehead atoms. The standard InChI is InChI=1S/C21H20N4O3S/c1-21(2)11-14-5-3-4-6-16(14)18-23-24-20(25(18)21)29-12-17(26)22-15-9-7-13(8-10-15)19(27)28/h3-10H,11-12H2,1-2H3,(H,22,26)(H,27,28)/p-1. The number of carbonyl (C=O) groups excluding carboxylic acids is 2. The molecule has 0 saturated heterocycles. The van der Waals surface area contributed by atoms with Crippen molar-refractivity contribution in [3.8, 4) is 11.4 Å². The number of carbonyl (C=O) groups is 2. The minimum atomic E-state index is -1.25. The summed E-state index contributed by atoms with van der Waals surface area (Å²) < 4.78 is 2.10. The first-order chi connectivity index (χ1) is 13.8. The second kappa shape index (κ2) is 7.36. The van der Waals surface area contributed by atoms with Gasteiger partial charge in [-0.15, -0.1) is 10.2 Å². The van der Waals surface area contributed by atoms with Gasteiger partial charge in [-0.2, -0.15) is 0 Å². The maximum atomic E-state index is 12.3. The zero-order valence-corrected chi connectivity index (χ0v) is 16.8. The summed E-state index contributed by atoms with van der Waals surface area (Å²) in [5.41, 5.74) is 2.70. The van der Waals surface area contributed by atoms with Gasteiger partial charge in [0.25, 0.3) is 0 Å². The van der Waals surface area contributed by atoms with E-state index in [4.69, 9.17) is 0 Å². The molecule has 148 valence electrons. The Balaban J connectivity index is 1.48. The van der Waals surface area contributed by atoms with Gasteiger partial charge in [-0.3, -0.25) is 9.36 Å². The van der Waals surface area contributed by atoms with E-state index in [-0.39, 0.29) is 22.8 Å². The average Bonchev–Trinajstić information content (AvgIpc) is 3.12. The van der Waals surface area contributed by atoms with Crippen LogP contribution in [-0.4, -0.2) is 32.4 Å². The van der Waals surface area contributed by atoms with Crippen molar-refractivity contribution in [3.05, 3.63) is 59.7 Å². The second-order valence-corrected chi connectivity index (χ2v) is 8.43. The fourth-order valence-electron chi connectivity index (χ4n) is 3.54. The van der Waals surface area contributed by atoms with Crippen LogP contribution in [-0.2, 0) is 16.8 Å². The molecule has 7 nitrogen and oxygen atoms in total. The van der Waals surface area contributed by atoms with Crippen molar-refractivity contribution in [1.82, 2.24) is 14.8 Å². The third-order valence-electron chi connectivity index (χ3n) is 4.86. The van der Waals surface area contributed by atoms with E-state index < -0.39 is 5.97 Å². The number of carboxylic acid groups (broad SMARTS) is 1. The minimum absolute atomic E-state index is 0.0648. The number of rotatable bonds is 5. The molecule has 0 radical (unpaired) electrons. The van der Waals surface area contributed by atoms with Gasteiger partial charge in [-0.05, 0) is 43.5 Å². The molecule has 2 aromatic carbocycles. The molecule has 0 spiro atoms. The summed E-state index contributed by atoms with van der Waals surface area (Å²) in [6.45, 7) is 4.28. The van der Waals surface area contributed by atoms with Crippen molar-refractivity contribution < 1.29 is 14.7 Å². The van der Waals surface area contributed by atoms with Crippen molar-refractivity contribution in [2.75, 3.05) is 11.1 Å². The molecular formula is C21H19N4O3S-. The normalized spacial score (nSPS) is 14.0. The van der Waals surface area contributed by atoms with E-state index in [0.717, 1.165) is 17.8 Å². The highest BCUT2D eigenvalue weighted by atomic mass is 32.2. The second-order valence-electron chi connectivity index (χ2n) is 7.49. The summed E-state index contributed by atoms with van der Waals surface area (Å²) in [6.07, 6.45) is 0.860. The van der Waals surface area contributed by atoms with Gasteiger partial charge in [0, 0.05) is 16.8 Å². The number of hydrogen-bond donors (Lipinski definition) is 1. The fraction of sp³-hybridized carbons (Fsp3) is 0.238. The van der Waals surface area contributed by atoms with Crippen LogP contribution in [0.4, 0.5) is 5.69 Å². The smallest absolute Gasteiger partial charge is 0.234 e. The molecule has 0 aliphatic carbocycles. The molecule has 29 heavy (non-hydrogen) atoms. The van der Waals surface area contributed by atoms with Crippen LogP contribution < -0.4 is 10.4 Å². The van der Waals surface area contributed by atoms with Crippen molar-refractivity contribution >= 4 is 29.3 Å². The molecule has 0 saturated carbocycles. The molecule has 8 heteroatoms. The molecule has 1 N–H and O–H groups in total. The Morgan fingerprint density at radius 2 is 1.86 bits per heavy atom. The summed E-state index contributed by atoms with van der Waals surface area (Å²) in [7, 11) is 0. The number of nitrogens with one attached hydrogen (secondary N) is 1. The summed E-state index contributed by atoms with van der Waals surface area (Å²) in [5, 5.41) is 23.0. The van der Waals surface area contributed by atoms with Gasteiger partial charge >= 0.3 is 0 Å². The maximum absolute atomic E-state index is 12.3. The SMILES string of the molecule is CC1(C)Cc2ccccc2-c2nnc(SCC(=O)Nc3ccc(C(=O)[O-])cc3)n21. The number of aromatic carboxylic acids is 1. The first kappa shape index (κ1) is 19.2. The lowest BCUT2D eigenvalue weighted by Crippen LogP contribution is -2.33. The highest BCUT2D eigenvalue weighted by molar-refractivity contribution is 7.99. The number of benzene rings is 2. The van der Waals surface area contributed by atoms with E-state index in [2.05, 4.69) is 40.0 Å². The van der Waals surface area contributed by atoms with Crippen LogP contribution in [0.5, 0.6) is 0 Å². The number of fused-ring (bicyclic) bond motifs is 3. The fourth-order valence-corrected chi connectivity index (χ4v) is 4.43. The molecule has 0 unspecified atom stereocenters. The molecular weight excluding hydrogens is 388 g/mol. The topological polar surface area (TPSA) is 99.9 Å². The quantitative estimate of drug-likeness (QED) is 0.652. The van der Waals surface area contributed by atoms with E-state index >= 15 is 0 Å². The van der Waals surface area contributed by atoms with Crippen LogP contribution in [0.3, 0.4) is 0 Å². The average molecular weight is 407 g/mol. The molecule has 1 aliphatic heterocycles. The van der Waals surface area contributed by atoms with E-state index in [1.807, 2.05) is 18.2 Å².